The van der Waals surface area contributed by atoms with Gasteiger partial charge in [-0.2, -0.15) is 0 Å². The fraction of sp³-hybridized carbons (Fsp3) is 0.933. The first-order chi connectivity index (χ1) is 8.74. The van der Waals surface area contributed by atoms with Gasteiger partial charge in [0.2, 0.25) is 5.91 Å². The number of carbonyl (C=O) groups excluding carboxylic acids is 1. The van der Waals surface area contributed by atoms with E-state index in [1.165, 1.54) is 44.9 Å². The van der Waals surface area contributed by atoms with E-state index >= 15 is 0 Å². The van der Waals surface area contributed by atoms with Crippen molar-refractivity contribution in [2.75, 3.05) is 13.1 Å². The van der Waals surface area contributed by atoms with Crippen molar-refractivity contribution in [3.63, 3.8) is 0 Å². The molecule has 0 atom stereocenters. The van der Waals surface area contributed by atoms with Gasteiger partial charge in [0.05, 0.1) is 0 Å². The van der Waals surface area contributed by atoms with Crippen LogP contribution in [-0.2, 0) is 4.79 Å². The number of hydrogen-bond donors (Lipinski definition) is 2. The minimum absolute atomic E-state index is 0.148. The summed E-state index contributed by atoms with van der Waals surface area (Å²) in [6.45, 7) is 1.53. The van der Waals surface area contributed by atoms with Crippen molar-refractivity contribution in [2.24, 2.45) is 17.1 Å². The predicted octanol–water partition coefficient (Wildman–Crippen LogP) is 2.59. The maximum Gasteiger partial charge on any atom is 0.220 e. The highest BCUT2D eigenvalue weighted by atomic mass is 16.1. The van der Waals surface area contributed by atoms with E-state index in [-0.39, 0.29) is 11.3 Å². The molecule has 0 aromatic carbocycles. The summed E-state index contributed by atoms with van der Waals surface area (Å²) in [6, 6.07) is 0. The SMILES string of the molecule is NCC1(CC(=O)NCCC2CCCCC2)CCC1. The quantitative estimate of drug-likeness (QED) is 0.763. The van der Waals surface area contributed by atoms with Gasteiger partial charge in [-0.3, -0.25) is 4.79 Å². The summed E-state index contributed by atoms with van der Waals surface area (Å²) in [4.78, 5) is 11.9. The lowest BCUT2D eigenvalue weighted by molar-refractivity contribution is -0.124. The van der Waals surface area contributed by atoms with E-state index in [9.17, 15) is 4.79 Å². The van der Waals surface area contributed by atoms with Crippen LogP contribution >= 0.6 is 0 Å². The van der Waals surface area contributed by atoms with E-state index in [0.717, 1.165) is 25.3 Å². The van der Waals surface area contributed by atoms with Crippen molar-refractivity contribution >= 4 is 5.91 Å². The Bertz CT molecular complexity index is 262. The summed E-state index contributed by atoms with van der Waals surface area (Å²) in [5, 5.41) is 3.09. The topological polar surface area (TPSA) is 55.1 Å². The highest BCUT2D eigenvalue weighted by molar-refractivity contribution is 5.76. The van der Waals surface area contributed by atoms with Crippen LogP contribution in [0.25, 0.3) is 0 Å². The second-order valence-corrected chi connectivity index (χ2v) is 6.38. The molecule has 2 saturated carbocycles. The Balaban J connectivity index is 1.59. The third kappa shape index (κ3) is 3.71. The Labute approximate surface area is 111 Å². The lowest BCUT2D eigenvalue weighted by Crippen LogP contribution is -2.42. The minimum atomic E-state index is 0.148. The van der Waals surface area contributed by atoms with Crippen molar-refractivity contribution < 1.29 is 4.79 Å². The molecule has 0 aliphatic heterocycles. The molecule has 0 bridgehead atoms. The number of carbonyl (C=O) groups is 1. The third-order valence-electron chi connectivity index (χ3n) is 4.98. The zero-order chi connectivity index (χ0) is 12.8. The minimum Gasteiger partial charge on any atom is -0.356 e. The van der Waals surface area contributed by atoms with Gasteiger partial charge in [0.15, 0.2) is 0 Å². The molecule has 2 fully saturated rings. The Morgan fingerprint density at radius 2 is 1.89 bits per heavy atom. The average Bonchev–Trinajstić information content (AvgIpc) is 2.35. The zero-order valence-corrected chi connectivity index (χ0v) is 11.5. The Kier molecular flexibility index (Phi) is 5.04. The van der Waals surface area contributed by atoms with Crippen LogP contribution in [0.5, 0.6) is 0 Å². The molecule has 1 amide bonds. The molecule has 0 radical (unpaired) electrons. The second kappa shape index (κ2) is 6.55. The summed E-state index contributed by atoms with van der Waals surface area (Å²) in [5.74, 6) is 1.07. The average molecular weight is 252 g/mol. The van der Waals surface area contributed by atoms with Gasteiger partial charge >= 0.3 is 0 Å². The predicted molar refractivity (Wildman–Crippen MR) is 74.2 cm³/mol. The first-order valence-corrected chi connectivity index (χ1v) is 7.71. The lowest BCUT2D eigenvalue weighted by atomic mass is 9.66. The zero-order valence-electron chi connectivity index (χ0n) is 11.5. The molecule has 2 aliphatic rings. The summed E-state index contributed by atoms with van der Waals surface area (Å²) in [6.07, 6.45) is 12.2. The standard InChI is InChI=1S/C15H28N2O/c16-12-15(8-4-9-15)11-14(18)17-10-7-13-5-2-1-3-6-13/h13H,1-12,16H2,(H,17,18). The normalized spacial score (nSPS) is 23.4. The van der Waals surface area contributed by atoms with Crippen molar-refractivity contribution in [3.05, 3.63) is 0 Å². The van der Waals surface area contributed by atoms with Gasteiger partial charge in [0.1, 0.15) is 0 Å². The maximum absolute atomic E-state index is 11.9. The third-order valence-corrected chi connectivity index (χ3v) is 4.98. The van der Waals surface area contributed by atoms with Gasteiger partial charge < -0.3 is 11.1 Å². The van der Waals surface area contributed by atoms with Crippen LogP contribution in [0, 0.1) is 11.3 Å². The van der Waals surface area contributed by atoms with E-state index in [2.05, 4.69) is 5.32 Å². The van der Waals surface area contributed by atoms with Crippen molar-refractivity contribution in [1.29, 1.82) is 0 Å². The molecular weight excluding hydrogens is 224 g/mol. The van der Waals surface area contributed by atoms with Crippen LogP contribution in [0.2, 0.25) is 0 Å². The number of rotatable bonds is 6. The number of nitrogens with one attached hydrogen (secondary N) is 1. The number of hydrogen-bond acceptors (Lipinski definition) is 2. The largest absolute Gasteiger partial charge is 0.356 e. The number of amides is 1. The van der Waals surface area contributed by atoms with E-state index in [1.807, 2.05) is 0 Å². The van der Waals surface area contributed by atoms with Crippen LogP contribution in [0.3, 0.4) is 0 Å². The van der Waals surface area contributed by atoms with Gasteiger partial charge in [-0.05, 0) is 37.1 Å². The van der Waals surface area contributed by atoms with Crippen LogP contribution in [-0.4, -0.2) is 19.0 Å². The summed E-state index contributed by atoms with van der Waals surface area (Å²) in [5.41, 5.74) is 5.93. The first-order valence-electron chi connectivity index (χ1n) is 7.71. The summed E-state index contributed by atoms with van der Waals surface area (Å²) >= 11 is 0. The maximum atomic E-state index is 11.9. The molecule has 0 saturated heterocycles. The summed E-state index contributed by atoms with van der Waals surface area (Å²) in [7, 11) is 0. The van der Waals surface area contributed by atoms with Crippen LogP contribution in [0.15, 0.2) is 0 Å². The molecule has 104 valence electrons. The van der Waals surface area contributed by atoms with Crippen LogP contribution in [0.4, 0.5) is 0 Å². The highest BCUT2D eigenvalue weighted by Gasteiger charge is 2.37. The molecule has 2 aliphatic carbocycles. The molecule has 0 aromatic heterocycles. The molecule has 18 heavy (non-hydrogen) atoms. The van der Waals surface area contributed by atoms with E-state index in [1.54, 1.807) is 0 Å². The van der Waals surface area contributed by atoms with Crippen molar-refractivity contribution in [1.82, 2.24) is 5.32 Å². The lowest BCUT2D eigenvalue weighted by Gasteiger charge is -2.40. The smallest absolute Gasteiger partial charge is 0.220 e. The number of nitrogens with two attached hydrogens (primary N) is 1. The van der Waals surface area contributed by atoms with Crippen LogP contribution < -0.4 is 11.1 Å². The van der Waals surface area contributed by atoms with Gasteiger partial charge in [0, 0.05) is 13.0 Å². The van der Waals surface area contributed by atoms with Gasteiger partial charge in [-0.15, -0.1) is 0 Å². The van der Waals surface area contributed by atoms with E-state index < -0.39 is 0 Å². The van der Waals surface area contributed by atoms with E-state index in [0.29, 0.717) is 13.0 Å². The van der Waals surface area contributed by atoms with Gasteiger partial charge in [-0.25, -0.2) is 0 Å². The Morgan fingerprint density at radius 3 is 2.44 bits per heavy atom. The highest BCUT2D eigenvalue weighted by Crippen LogP contribution is 2.42. The Morgan fingerprint density at radius 1 is 1.17 bits per heavy atom. The molecule has 2 rings (SSSR count). The molecule has 3 nitrogen and oxygen atoms in total. The second-order valence-electron chi connectivity index (χ2n) is 6.38. The molecular formula is C15H28N2O. The van der Waals surface area contributed by atoms with Crippen molar-refractivity contribution in [2.45, 2.75) is 64.2 Å². The van der Waals surface area contributed by atoms with Gasteiger partial charge in [-0.1, -0.05) is 38.5 Å². The Hall–Kier alpha value is -0.570. The van der Waals surface area contributed by atoms with E-state index in [4.69, 9.17) is 5.73 Å². The molecule has 0 aromatic rings. The first kappa shape index (κ1) is 13.9. The molecule has 3 heteroatoms. The fourth-order valence-electron chi connectivity index (χ4n) is 3.42. The van der Waals surface area contributed by atoms with Crippen molar-refractivity contribution in [3.8, 4) is 0 Å². The summed E-state index contributed by atoms with van der Waals surface area (Å²) < 4.78 is 0. The molecule has 0 spiro atoms. The van der Waals surface area contributed by atoms with Gasteiger partial charge in [0.25, 0.3) is 0 Å². The molecule has 3 N–H and O–H groups in total. The molecule has 0 unspecified atom stereocenters. The fourth-order valence-corrected chi connectivity index (χ4v) is 3.42. The molecule has 0 heterocycles. The monoisotopic (exact) mass is 252 g/mol. The van der Waals surface area contributed by atoms with Crippen LogP contribution in [0.1, 0.15) is 64.2 Å².